The largest absolute Gasteiger partial charge is 0.490 e. The Labute approximate surface area is 751 Å². The molecule has 2 N–H and O–H groups in total. The van der Waals surface area contributed by atoms with Crippen LogP contribution in [0.15, 0.2) is 445 Å². The van der Waals surface area contributed by atoms with Crippen LogP contribution >= 0.6 is 47.8 Å². The number of hydrogen-bond acceptors (Lipinski definition) is 6. The van der Waals surface area contributed by atoms with Gasteiger partial charge in [0.05, 0.1) is 61.0 Å². The molecule has 9 aromatic heterocycles. The minimum Gasteiger partial charge on any atom is -0.423 e. The number of para-hydroxylation sites is 5. The number of halogens is 3. The van der Waals surface area contributed by atoms with E-state index in [4.69, 9.17) is 20.0 Å². The van der Waals surface area contributed by atoms with Gasteiger partial charge < -0.3 is 28.3 Å². The summed E-state index contributed by atoms with van der Waals surface area (Å²) >= 11 is 10.7. The van der Waals surface area contributed by atoms with Gasteiger partial charge in [0, 0.05) is 144 Å². The summed E-state index contributed by atoms with van der Waals surface area (Å²) < 4.78 is 14.8. The zero-order chi connectivity index (χ0) is 84.7. The van der Waals surface area contributed by atoms with Gasteiger partial charge in [-0.2, -0.15) is 0 Å². The van der Waals surface area contributed by atoms with E-state index < -0.39 is 7.12 Å². The minimum atomic E-state index is -1.46. The summed E-state index contributed by atoms with van der Waals surface area (Å²) in [5, 5.41) is 31.2. The summed E-state index contributed by atoms with van der Waals surface area (Å²) in [6.07, 6.45) is 12.8. The highest BCUT2D eigenvalue weighted by Gasteiger charge is 2.23. The molecular formula is C111H75BBr3N9O2. The van der Waals surface area contributed by atoms with Gasteiger partial charge in [0.2, 0.25) is 0 Å². The molecule has 0 aliphatic heterocycles. The fraction of sp³-hybridized carbons (Fsp3) is 0.00901. The molecule has 0 spiro atoms. The van der Waals surface area contributed by atoms with Crippen LogP contribution in [0.3, 0.4) is 0 Å². The number of rotatable bonds is 9. The van der Waals surface area contributed by atoms with Crippen molar-refractivity contribution in [3.05, 3.63) is 456 Å². The first kappa shape index (κ1) is 78.6. The molecular weight excluding hydrogens is 1740 g/mol. The van der Waals surface area contributed by atoms with Gasteiger partial charge in [-0.3, -0.25) is 19.5 Å². The maximum absolute atomic E-state index is 8.90. The van der Waals surface area contributed by atoms with E-state index in [-0.39, 0.29) is 0 Å². The molecule has 0 fully saturated rings. The topological polar surface area (TPSA) is 117 Å². The Hall–Kier alpha value is -14.7. The molecule has 9 heterocycles. The Morgan fingerprint density at radius 3 is 1.36 bits per heavy atom. The maximum atomic E-state index is 8.90. The average molecular weight is 1820 g/mol. The molecule has 0 atom stereocenters. The van der Waals surface area contributed by atoms with Crippen molar-refractivity contribution in [1.82, 2.24) is 42.8 Å². The molecule has 0 saturated carbocycles. The monoisotopic (exact) mass is 1810 g/mol. The van der Waals surface area contributed by atoms with Crippen LogP contribution in [0.1, 0.15) is 11.1 Å². The highest BCUT2D eigenvalue weighted by Crippen LogP contribution is 2.44. The molecule has 600 valence electrons. The van der Waals surface area contributed by atoms with E-state index >= 15 is 0 Å². The molecule has 0 bridgehead atoms. The lowest BCUT2D eigenvalue weighted by molar-refractivity contribution is 0.425. The third kappa shape index (κ3) is 15.5. The predicted octanol–water partition coefficient (Wildman–Crippen LogP) is 28.0. The van der Waals surface area contributed by atoms with Crippen LogP contribution in [0.4, 0.5) is 0 Å². The number of nitrogens with zero attached hydrogens (tertiary/aromatic N) is 9. The van der Waals surface area contributed by atoms with Crippen LogP contribution < -0.4 is 5.46 Å². The van der Waals surface area contributed by atoms with Crippen molar-refractivity contribution < 1.29 is 10.0 Å². The van der Waals surface area contributed by atoms with Crippen molar-refractivity contribution >= 4 is 169 Å². The Balaban J connectivity index is 0.000000104. The van der Waals surface area contributed by atoms with Crippen LogP contribution in [0.25, 0.3) is 182 Å². The first-order valence-corrected chi connectivity index (χ1v) is 44.1. The molecule has 1 aliphatic rings. The summed E-state index contributed by atoms with van der Waals surface area (Å²) in [5.41, 5.74) is 27.2. The van der Waals surface area contributed by atoms with Crippen molar-refractivity contribution in [2.75, 3.05) is 0 Å². The lowest BCUT2D eigenvalue weighted by atomic mass is 9.81. The first-order valence-electron chi connectivity index (χ1n) is 41.7. The summed E-state index contributed by atoms with van der Waals surface area (Å²) in [6, 6.07) is 138. The number of pyridine rings is 4. The van der Waals surface area contributed by atoms with E-state index in [0.29, 0.717) is 5.46 Å². The summed E-state index contributed by atoms with van der Waals surface area (Å²) in [4.78, 5) is 18.3. The maximum Gasteiger partial charge on any atom is 0.490 e. The van der Waals surface area contributed by atoms with Crippen molar-refractivity contribution in [2.45, 2.75) is 6.42 Å². The van der Waals surface area contributed by atoms with Gasteiger partial charge in [-0.05, 0) is 249 Å². The van der Waals surface area contributed by atoms with Gasteiger partial charge in [0.1, 0.15) is 5.82 Å². The number of fused-ring (bicyclic) bond motifs is 15. The molecule has 126 heavy (non-hydrogen) atoms. The van der Waals surface area contributed by atoms with Gasteiger partial charge in [0.15, 0.2) is 0 Å². The molecule has 0 radical (unpaired) electrons. The third-order valence-electron chi connectivity index (χ3n) is 23.6. The van der Waals surface area contributed by atoms with E-state index in [2.05, 4.69) is 403 Å². The second-order valence-electron chi connectivity index (χ2n) is 31.3. The standard InChI is InChI=1S/C40H26N4.C30H19BrN2.C21H14BrN.C11H10BNO2.C9H6BrN/c1-3-9-27(10-4-1)35-18-15-31(26-41-35)29-16-19-37-33(23-29)34-24-30-21-22-43(32-12-5-2-6-13-32)38(30)25-39(34)44(37)40-20-17-28-11-7-8-14-36(28)42-40;31-23-11-13-28-27(18-23)26-17-22-14-15-32(24-8-2-1-3-9-24)29(22)19-30(26)33(28)25-12-10-20-6-4-5-7-21(20)16-25;22-17-7-6-14-10-16-12-21-15(11-19(16)20(14)13-17)8-9-23(21)18-4-2-1-3-5-18;14-12(15)10-6-7-11(13-8-10)9-4-2-1-3-5-9;10-8-5-7-3-1-2-4-9(7)11-6-8/h1-26H;1-19H;1-9,11-13H,10H2;1-8,14-15H;1-6H. The van der Waals surface area contributed by atoms with E-state index in [1.165, 1.54) is 121 Å². The fourth-order valence-electron chi connectivity index (χ4n) is 17.4. The van der Waals surface area contributed by atoms with Crippen LogP contribution in [0.2, 0.25) is 0 Å². The number of aromatic nitrogens is 9. The zero-order valence-electron chi connectivity index (χ0n) is 67.8. The van der Waals surface area contributed by atoms with Gasteiger partial charge in [-0.15, -0.1) is 0 Å². The fourth-order valence-corrected chi connectivity index (χ4v) is 18.5. The molecule has 0 amide bonds. The SMILES string of the molecule is Brc1ccc2c(c1)-c1cc3ccn(-c4ccccc4)c3cc1C2.Brc1ccc2c(c1)c1cc3ccn(-c4ccccc4)c3cc1n2-c1ccc2ccccc2c1.Brc1cnc2ccccc2c1.OB(O)c1ccc(-c2ccccc2)nc1.c1ccc(-c2ccc(-c3ccc4c(c3)c3cc5ccn(-c6ccccc6)c5cc3n4-c3ccc4ccccc4n3)cn2)cc1. The minimum absolute atomic E-state index is 0.398. The Kier molecular flexibility index (Phi) is 21.3. The lowest BCUT2D eigenvalue weighted by Gasteiger charge is -2.10. The second-order valence-corrected chi connectivity index (χ2v) is 34.0. The van der Waals surface area contributed by atoms with Crippen LogP contribution in [0.5, 0.6) is 0 Å². The molecule has 1 aliphatic carbocycles. The molecule has 0 saturated heterocycles. The van der Waals surface area contributed by atoms with Crippen molar-refractivity contribution in [3.63, 3.8) is 0 Å². The van der Waals surface area contributed by atoms with Gasteiger partial charge >= 0.3 is 7.12 Å². The van der Waals surface area contributed by atoms with E-state index in [9.17, 15) is 0 Å². The van der Waals surface area contributed by atoms with E-state index in [1.807, 2.05) is 91.3 Å². The normalized spacial score (nSPS) is 11.5. The van der Waals surface area contributed by atoms with Crippen molar-refractivity contribution in [3.8, 4) is 73.3 Å². The Bertz CT molecular complexity index is 8180. The molecule has 11 nitrogen and oxygen atoms in total. The smallest absolute Gasteiger partial charge is 0.423 e. The molecule has 15 heteroatoms. The van der Waals surface area contributed by atoms with Gasteiger partial charge in [-0.25, -0.2) is 4.98 Å². The first-order chi connectivity index (χ1) is 62.0. The highest BCUT2D eigenvalue weighted by molar-refractivity contribution is 9.11. The molecule has 0 unspecified atom stereocenters. The molecule has 25 rings (SSSR count). The number of hydrogen-bond donors (Lipinski definition) is 2. The number of benzene rings is 15. The molecule has 24 aromatic rings. The van der Waals surface area contributed by atoms with Gasteiger partial charge in [0.25, 0.3) is 0 Å². The lowest BCUT2D eigenvalue weighted by Crippen LogP contribution is -2.29. The molecule has 15 aromatic carbocycles. The quantitative estimate of drug-likeness (QED) is 0.139. The Morgan fingerprint density at radius 2 is 0.746 bits per heavy atom. The summed E-state index contributed by atoms with van der Waals surface area (Å²) in [6.45, 7) is 0. The van der Waals surface area contributed by atoms with Crippen LogP contribution in [-0.2, 0) is 6.42 Å². The predicted molar refractivity (Wildman–Crippen MR) is 533 cm³/mol. The second kappa shape index (κ2) is 34.2. The van der Waals surface area contributed by atoms with Crippen LogP contribution in [0, 0.1) is 0 Å². The van der Waals surface area contributed by atoms with Crippen molar-refractivity contribution in [2.24, 2.45) is 0 Å². The van der Waals surface area contributed by atoms with Gasteiger partial charge in [-0.1, -0.05) is 238 Å². The van der Waals surface area contributed by atoms with Crippen molar-refractivity contribution in [1.29, 1.82) is 0 Å². The summed E-state index contributed by atoms with van der Waals surface area (Å²) in [5.74, 6) is 0.905. The van der Waals surface area contributed by atoms with Crippen LogP contribution in [-0.4, -0.2) is 59.9 Å². The van der Waals surface area contributed by atoms with E-state index in [1.54, 1.807) is 12.1 Å². The highest BCUT2D eigenvalue weighted by atomic mass is 79.9. The third-order valence-corrected chi connectivity index (χ3v) is 25.0. The Morgan fingerprint density at radius 1 is 0.262 bits per heavy atom. The summed E-state index contributed by atoms with van der Waals surface area (Å²) in [7, 11) is -1.46. The average Bonchev–Trinajstić information content (AvgIpc) is 1.58. The zero-order valence-corrected chi connectivity index (χ0v) is 72.6. The van der Waals surface area contributed by atoms with E-state index in [0.717, 1.165) is 98.0 Å².